The van der Waals surface area contributed by atoms with Crippen LogP contribution in [-0.4, -0.2) is 48.3 Å². The predicted octanol–water partition coefficient (Wildman–Crippen LogP) is 1.08. The molecule has 0 radical (unpaired) electrons. The lowest BCUT2D eigenvalue weighted by Gasteiger charge is -2.27. The summed E-state index contributed by atoms with van der Waals surface area (Å²) >= 11 is 0. The molecule has 0 bridgehead atoms. The molecule has 0 aliphatic heterocycles. The summed E-state index contributed by atoms with van der Waals surface area (Å²) in [5.41, 5.74) is 0. The number of nitrogens with one attached hydrogen (secondary N) is 1. The Hall–Kier alpha value is -0.120. The maximum absolute atomic E-state index is 9.29. The zero-order valence-corrected chi connectivity index (χ0v) is 10.4. The molecule has 0 heterocycles. The van der Waals surface area contributed by atoms with Crippen molar-refractivity contribution in [2.75, 3.05) is 26.2 Å². The van der Waals surface area contributed by atoms with Crippen molar-refractivity contribution in [1.29, 1.82) is 0 Å². The van der Waals surface area contributed by atoms with Gasteiger partial charge in [0.15, 0.2) is 0 Å². The Morgan fingerprint density at radius 1 is 1.33 bits per heavy atom. The van der Waals surface area contributed by atoms with Crippen molar-refractivity contribution in [3.63, 3.8) is 0 Å². The zero-order valence-electron chi connectivity index (χ0n) is 10.4. The van der Waals surface area contributed by atoms with Crippen LogP contribution in [0.15, 0.2) is 0 Å². The second-order valence-corrected chi connectivity index (χ2v) is 5.07. The second-order valence-electron chi connectivity index (χ2n) is 5.07. The van der Waals surface area contributed by atoms with Crippen molar-refractivity contribution in [1.82, 2.24) is 10.2 Å². The lowest BCUT2D eigenvalue weighted by atomic mass is 10.2. The van der Waals surface area contributed by atoms with E-state index in [0.717, 1.165) is 19.6 Å². The van der Waals surface area contributed by atoms with Gasteiger partial charge in [-0.25, -0.2) is 0 Å². The van der Waals surface area contributed by atoms with Crippen LogP contribution in [0.4, 0.5) is 0 Å². The van der Waals surface area contributed by atoms with Crippen molar-refractivity contribution >= 4 is 0 Å². The molecule has 1 saturated carbocycles. The first-order chi connectivity index (χ1) is 7.15. The number of aliphatic hydroxyl groups excluding tert-OH is 1. The van der Waals surface area contributed by atoms with Crippen LogP contribution in [0.3, 0.4) is 0 Å². The van der Waals surface area contributed by atoms with E-state index in [9.17, 15) is 5.11 Å². The third kappa shape index (κ3) is 5.50. The minimum atomic E-state index is 0.255. The molecular weight excluding hydrogens is 188 g/mol. The molecule has 1 aliphatic carbocycles. The number of rotatable bonds is 8. The third-order valence-corrected chi connectivity index (χ3v) is 2.82. The summed E-state index contributed by atoms with van der Waals surface area (Å²) in [6.07, 6.45) is 2.57. The Morgan fingerprint density at radius 3 is 2.40 bits per heavy atom. The summed E-state index contributed by atoms with van der Waals surface area (Å²) < 4.78 is 0. The predicted molar refractivity (Wildman–Crippen MR) is 64.0 cm³/mol. The van der Waals surface area contributed by atoms with Gasteiger partial charge in [-0.2, -0.15) is 0 Å². The maximum atomic E-state index is 9.29. The smallest absolute Gasteiger partial charge is 0.0597 e. The highest BCUT2D eigenvalue weighted by atomic mass is 16.3. The van der Waals surface area contributed by atoms with Gasteiger partial charge in [0, 0.05) is 25.2 Å². The van der Waals surface area contributed by atoms with Gasteiger partial charge in [-0.1, -0.05) is 20.8 Å². The average molecular weight is 214 g/mol. The lowest BCUT2D eigenvalue weighted by Crippen LogP contribution is -2.45. The van der Waals surface area contributed by atoms with Gasteiger partial charge in [0.1, 0.15) is 0 Å². The quantitative estimate of drug-likeness (QED) is 0.634. The Balaban J connectivity index is 2.25. The zero-order chi connectivity index (χ0) is 11.3. The Morgan fingerprint density at radius 2 is 2.00 bits per heavy atom. The van der Waals surface area contributed by atoms with Crippen LogP contribution in [0.5, 0.6) is 0 Å². The lowest BCUT2D eigenvalue weighted by molar-refractivity contribution is 0.174. The largest absolute Gasteiger partial charge is 0.395 e. The molecule has 0 aromatic heterocycles. The van der Waals surface area contributed by atoms with Gasteiger partial charge in [-0.15, -0.1) is 0 Å². The van der Waals surface area contributed by atoms with Gasteiger partial charge in [0.25, 0.3) is 0 Å². The molecule has 2 N–H and O–H groups in total. The van der Waals surface area contributed by atoms with Crippen LogP contribution < -0.4 is 5.32 Å². The first kappa shape index (κ1) is 12.9. The fourth-order valence-corrected chi connectivity index (χ4v) is 1.91. The molecule has 3 heteroatoms. The molecule has 1 fully saturated rings. The monoisotopic (exact) mass is 214 g/mol. The first-order valence-corrected chi connectivity index (χ1v) is 6.25. The van der Waals surface area contributed by atoms with E-state index in [4.69, 9.17) is 0 Å². The van der Waals surface area contributed by atoms with E-state index in [2.05, 4.69) is 31.0 Å². The molecule has 3 nitrogen and oxygen atoms in total. The summed E-state index contributed by atoms with van der Waals surface area (Å²) in [5, 5.41) is 12.8. The molecule has 0 saturated heterocycles. The maximum Gasteiger partial charge on any atom is 0.0597 e. The van der Waals surface area contributed by atoms with Gasteiger partial charge in [0.05, 0.1) is 6.61 Å². The van der Waals surface area contributed by atoms with Crippen LogP contribution in [0.2, 0.25) is 0 Å². The normalized spacial score (nSPS) is 18.8. The summed E-state index contributed by atoms with van der Waals surface area (Å²) in [7, 11) is 0. The SMILES string of the molecule is CCN(CC(C)C)CC(CO)NC1CC1. The molecule has 0 amide bonds. The highest BCUT2D eigenvalue weighted by Gasteiger charge is 2.25. The van der Waals surface area contributed by atoms with Crippen LogP contribution >= 0.6 is 0 Å². The highest BCUT2D eigenvalue weighted by molar-refractivity contribution is 4.85. The fourth-order valence-electron chi connectivity index (χ4n) is 1.91. The van der Waals surface area contributed by atoms with E-state index in [-0.39, 0.29) is 12.6 Å². The first-order valence-electron chi connectivity index (χ1n) is 6.25. The van der Waals surface area contributed by atoms with E-state index in [1.54, 1.807) is 0 Å². The van der Waals surface area contributed by atoms with Crippen molar-refractivity contribution in [2.24, 2.45) is 5.92 Å². The van der Waals surface area contributed by atoms with Crippen molar-refractivity contribution in [3.05, 3.63) is 0 Å². The standard InChI is InChI=1S/C12H26N2O/c1-4-14(7-10(2)3)8-12(9-15)13-11-5-6-11/h10-13,15H,4-9H2,1-3H3. The molecule has 0 aromatic carbocycles. The third-order valence-electron chi connectivity index (χ3n) is 2.82. The van der Waals surface area contributed by atoms with Crippen LogP contribution in [0, 0.1) is 5.92 Å². The summed E-state index contributed by atoms with van der Waals surface area (Å²) in [6, 6.07) is 0.941. The fraction of sp³-hybridized carbons (Fsp3) is 1.00. The molecule has 15 heavy (non-hydrogen) atoms. The Bertz CT molecular complexity index is 159. The molecule has 1 unspecified atom stereocenters. The van der Waals surface area contributed by atoms with Crippen molar-refractivity contribution < 1.29 is 5.11 Å². The summed E-state index contributed by atoms with van der Waals surface area (Å²) in [5.74, 6) is 0.699. The van der Waals surface area contributed by atoms with E-state index >= 15 is 0 Å². The average Bonchev–Trinajstić information content (AvgIpc) is 2.98. The van der Waals surface area contributed by atoms with Gasteiger partial charge in [-0.05, 0) is 25.3 Å². The van der Waals surface area contributed by atoms with Gasteiger partial charge < -0.3 is 15.3 Å². The van der Waals surface area contributed by atoms with Gasteiger partial charge in [0.2, 0.25) is 0 Å². The van der Waals surface area contributed by atoms with Crippen LogP contribution in [0.1, 0.15) is 33.6 Å². The molecular formula is C12H26N2O. The van der Waals surface area contributed by atoms with Crippen molar-refractivity contribution in [3.8, 4) is 0 Å². The van der Waals surface area contributed by atoms with E-state index < -0.39 is 0 Å². The number of nitrogens with zero attached hydrogens (tertiary/aromatic N) is 1. The molecule has 90 valence electrons. The summed E-state index contributed by atoms with van der Waals surface area (Å²) in [6.45, 7) is 10.1. The molecule has 1 atom stereocenters. The molecule has 1 aliphatic rings. The number of hydrogen-bond acceptors (Lipinski definition) is 3. The van der Waals surface area contributed by atoms with E-state index in [1.807, 2.05) is 0 Å². The van der Waals surface area contributed by atoms with Crippen LogP contribution in [0.25, 0.3) is 0 Å². The molecule has 1 rings (SSSR count). The van der Waals surface area contributed by atoms with E-state index in [0.29, 0.717) is 12.0 Å². The second kappa shape index (κ2) is 6.46. The van der Waals surface area contributed by atoms with Gasteiger partial charge in [-0.3, -0.25) is 0 Å². The van der Waals surface area contributed by atoms with Gasteiger partial charge >= 0.3 is 0 Å². The Labute approximate surface area is 93.9 Å². The number of likely N-dealkylation sites (N-methyl/N-ethyl adjacent to an activating group) is 1. The minimum Gasteiger partial charge on any atom is -0.395 e. The minimum absolute atomic E-state index is 0.255. The number of hydrogen-bond donors (Lipinski definition) is 2. The van der Waals surface area contributed by atoms with E-state index in [1.165, 1.54) is 12.8 Å². The molecule has 0 aromatic rings. The van der Waals surface area contributed by atoms with Crippen LogP contribution in [-0.2, 0) is 0 Å². The highest BCUT2D eigenvalue weighted by Crippen LogP contribution is 2.19. The topological polar surface area (TPSA) is 35.5 Å². The molecule has 0 spiro atoms. The van der Waals surface area contributed by atoms with Crippen molar-refractivity contribution in [2.45, 2.75) is 45.7 Å². The number of aliphatic hydroxyl groups is 1. The summed E-state index contributed by atoms with van der Waals surface area (Å²) in [4.78, 5) is 2.42. The Kier molecular flexibility index (Phi) is 5.58.